The van der Waals surface area contributed by atoms with E-state index < -0.39 is 29.3 Å². The van der Waals surface area contributed by atoms with Gasteiger partial charge in [-0.15, -0.1) is 0 Å². The third-order valence-corrected chi connectivity index (χ3v) is 5.06. The third kappa shape index (κ3) is 5.56. The summed E-state index contributed by atoms with van der Waals surface area (Å²) < 4.78 is 88.7. The van der Waals surface area contributed by atoms with Crippen LogP contribution in [0.15, 0.2) is 78.2 Å². The highest BCUT2D eigenvalue weighted by Gasteiger charge is 2.31. The Labute approximate surface area is 195 Å². The molecular formula is C26H16F6O3. The number of hydrogen-bond donors (Lipinski definition) is 0. The molecule has 0 N–H and O–H groups in total. The molecule has 0 spiro atoms. The molecule has 3 aromatic rings. The molecule has 35 heavy (non-hydrogen) atoms. The van der Waals surface area contributed by atoms with E-state index in [2.05, 4.69) is 0 Å². The standard InChI is InChI=1S/C26H16F6O3/c1-15-2-11-20-21(12-15)35-23(14-17-5-9-19(10-6-17)26(30,31)32)24(33)22(34-20)13-16-3-7-18(8-4-16)25(27,28)29/h2-14H,1H3/b22-13-,23-14-. The lowest BCUT2D eigenvalue weighted by Crippen LogP contribution is -2.12. The van der Waals surface area contributed by atoms with E-state index in [1.54, 1.807) is 25.1 Å². The number of hydrogen-bond acceptors (Lipinski definition) is 3. The number of carbonyl (C=O) groups excluding carboxylic acids is 1. The van der Waals surface area contributed by atoms with Crippen molar-refractivity contribution in [1.29, 1.82) is 0 Å². The summed E-state index contributed by atoms with van der Waals surface area (Å²) in [5.41, 5.74) is -0.360. The van der Waals surface area contributed by atoms with E-state index in [-0.39, 0.29) is 34.1 Å². The van der Waals surface area contributed by atoms with Gasteiger partial charge in [-0.25, -0.2) is 0 Å². The van der Waals surface area contributed by atoms with Gasteiger partial charge in [-0.05, 0) is 72.2 Å². The maximum atomic E-state index is 13.2. The molecule has 0 saturated carbocycles. The number of aryl methyl sites for hydroxylation is 1. The van der Waals surface area contributed by atoms with Crippen molar-refractivity contribution in [2.75, 3.05) is 0 Å². The van der Waals surface area contributed by atoms with Crippen LogP contribution in [0.25, 0.3) is 12.2 Å². The van der Waals surface area contributed by atoms with Gasteiger partial charge in [0.05, 0.1) is 11.1 Å². The molecule has 1 aliphatic rings. The Hall–Kier alpha value is -4.01. The number of Topliss-reactive ketones (excluding diaryl/α,β-unsaturated/α-hetero) is 1. The fourth-order valence-corrected chi connectivity index (χ4v) is 3.26. The van der Waals surface area contributed by atoms with Crippen LogP contribution >= 0.6 is 0 Å². The van der Waals surface area contributed by atoms with Gasteiger partial charge in [0.25, 0.3) is 5.78 Å². The largest absolute Gasteiger partial charge is 0.449 e. The first-order chi connectivity index (χ1) is 16.4. The smallest absolute Gasteiger partial charge is 0.416 e. The van der Waals surface area contributed by atoms with Crippen LogP contribution in [0.4, 0.5) is 26.3 Å². The average Bonchev–Trinajstić information content (AvgIpc) is 2.90. The van der Waals surface area contributed by atoms with Gasteiger partial charge in [0, 0.05) is 0 Å². The SMILES string of the molecule is Cc1ccc2c(c1)O/C(=C\c1ccc(C(F)(F)F)cc1)C(=O)/C(=C/c1ccc(C(F)(F)F)cc1)O2. The third-order valence-electron chi connectivity index (χ3n) is 5.06. The summed E-state index contributed by atoms with van der Waals surface area (Å²) in [7, 11) is 0. The van der Waals surface area contributed by atoms with Crippen LogP contribution in [0.3, 0.4) is 0 Å². The topological polar surface area (TPSA) is 35.5 Å². The summed E-state index contributed by atoms with van der Waals surface area (Å²) >= 11 is 0. The van der Waals surface area contributed by atoms with E-state index in [9.17, 15) is 31.1 Å². The zero-order valence-corrected chi connectivity index (χ0v) is 18.0. The van der Waals surface area contributed by atoms with E-state index in [1.165, 1.54) is 36.4 Å². The van der Waals surface area contributed by atoms with Gasteiger partial charge in [0.15, 0.2) is 23.0 Å². The lowest BCUT2D eigenvalue weighted by Gasteiger charge is -2.08. The van der Waals surface area contributed by atoms with Crippen LogP contribution in [0.2, 0.25) is 0 Å². The summed E-state index contributed by atoms with van der Waals surface area (Å²) in [6.45, 7) is 1.79. The van der Waals surface area contributed by atoms with E-state index >= 15 is 0 Å². The number of fused-ring (bicyclic) bond motifs is 1. The molecule has 4 rings (SSSR count). The normalized spacial score (nSPS) is 16.5. The highest BCUT2D eigenvalue weighted by molar-refractivity contribution is 6.11. The molecule has 0 radical (unpaired) electrons. The van der Waals surface area contributed by atoms with Crippen molar-refractivity contribution in [2.24, 2.45) is 0 Å². The van der Waals surface area contributed by atoms with Gasteiger partial charge < -0.3 is 9.47 Å². The monoisotopic (exact) mass is 490 g/mol. The maximum Gasteiger partial charge on any atom is 0.416 e. The molecular weight excluding hydrogens is 474 g/mol. The van der Waals surface area contributed by atoms with Crippen molar-refractivity contribution < 1.29 is 40.6 Å². The number of ketones is 1. The van der Waals surface area contributed by atoms with Crippen LogP contribution in [-0.2, 0) is 17.1 Å². The van der Waals surface area contributed by atoms with E-state index in [4.69, 9.17) is 9.47 Å². The van der Waals surface area contributed by atoms with Gasteiger partial charge in [-0.3, -0.25) is 4.79 Å². The Kier molecular flexibility index (Phi) is 6.19. The molecule has 0 aromatic heterocycles. The molecule has 9 heteroatoms. The highest BCUT2D eigenvalue weighted by Crippen LogP contribution is 2.37. The van der Waals surface area contributed by atoms with Crippen LogP contribution in [0.1, 0.15) is 27.8 Å². The number of ether oxygens (including phenoxy) is 2. The quantitative estimate of drug-likeness (QED) is 0.276. The van der Waals surface area contributed by atoms with Crippen LogP contribution in [0.5, 0.6) is 11.5 Å². The Morgan fingerprint density at radius 1 is 0.629 bits per heavy atom. The highest BCUT2D eigenvalue weighted by atomic mass is 19.4. The van der Waals surface area contributed by atoms with Crippen molar-refractivity contribution in [1.82, 2.24) is 0 Å². The minimum Gasteiger partial charge on any atom is -0.449 e. The van der Waals surface area contributed by atoms with Crippen molar-refractivity contribution >= 4 is 17.9 Å². The number of alkyl halides is 6. The molecule has 0 aliphatic carbocycles. The second-order valence-electron chi connectivity index (χ2n) is 7.74. The fourth-order valence-electron chi connectivity index (χ4n) is 3.26. The first kappa shape index (κ1) is 24.1. The molecule has 180 valence electrons. The van der Waals surface area contributed by atoms with Gasteiger partial charge in [0.1, 0.15) is 0 Å². The predicted octanol–water partition coefficient (Wildman–Crippen LogP) is 7.46. The molecule has 0 fully saturated rings. The zero-order valence-electron chi connectivity index (χ0n) is 18.0. The number of carbonyl (C=O) groups is 1. The summed E-state index contributed by atoms with van der Waals surface area (Å²) in [5.74, 6) is -0.804. The number of halogens is 6. The molecule has 0 atom stereocenters. The second kappa shape index (κ2) is 8.98. The maximum absolute atomic E-state index is 13.2. The summed E-state index contributed by atoms with van der Waals surface area (Å²) in [4.78, 5) is 13.2. The van der Waals surface area contributed by atoms with Crippen molar-refractivity contribution in [3.8, 4) is 11.5 Å². The Morgan fingerprint density at radius 2 is 1.06 bits per heavy atom. The minimum atomic E-state index is -4.51. The molecule has 0 bridgehead atoms. The number of benzene rings is 3. The summed E-state index contributed by atoms with van der Waals surface area (Å²) in [6.07, 6.45) is -6.49. The van der Waals surface area contributed by atoms with Crippen LogP contribution < -0.4 is 9.47 Å². The lowest BCUT2D eigenvalue weighted by molar-refractivity contribution is -0.138. The lowest BCUT2D eigenvalue weighted by atomic mass is 10.1. The van der Waals surface area contributed by atoms with Crippen molar-refractivity contribution in [3.05, 3.63) is 106 Å². The van der Waals surface area contributed by atoms with Crippen LogP contribution in [0, 0.1) is 6.92 Å². The minimum absolute atomic E-state index is 0.193. The first-order valence-electron chi connectivity index (χ1n) is 10.2. The first-order valence-corrected chi connectivity index (χ1v) is 10.2. The van der Waals surface area contributed by atoms with Gasteiger partial charge in [-0.2, -0.15) is 26.3 Å². The van der Waals surface area contributed by atoms with E-state index in [0.29, 0.717) is 0 Å². The molecule has 1 heterocycles. The summed E-state index contributed by atoms with van der Waals surface area (Å²) in [5, 5.41) is 0. The number of rotatable bonds is 2. The van der Waals surface area contributed by atoms with E-state index in [1.807, 2.05) is 0 Å². The predicted molar refractivity (Wildman–Crippen MR) is 116 cm³/mol. The fraction of sp³-hybridized carbons (Fsp3) is 0.115. The van der Waals surface area contributed by atoms with Gasteiger partial charge in [0.2, 0.25) is 0 Å². The molecule has 1 aliphatic heterocycles. The average molecular weight is 490 g/mol. The molecule has 3 nitrogen and oxygen atoms in total. The second-order valence-corrected chi connectivity index (χ2v) is 7.74. The molecule has 0 saturated heterocycles. The Bertz CT molecular complexity index is 1320. The Morgan fingerprint density at radius 3 is 1.49 bits per heavy atom. The molecule has 3 aromatic carbocycles. The van der Waals surface area contributed by atoms with Crippen LogP contribution in [-0.4, -0.2) is 5.78 Å². The van der Waals surface area contributed by atoms with E-state index in [0.717, 1.165) is 29.8 Å². The molecule has 0 amide bonds. The van der Waals surface area contributed by atoms with Crippen molar-refractivity contribution in [3.63, 3.8) is 0 Å². The molecule has 0 unspecified atom stereocenters. The van der Waals surface area contributed by atoms with Crippen molar-refractivity contribution in [2.45, 2.75) is 19.3 Å². The van der Waals surface area contributed by atoms with Gasteiger partial charge in [-0.1, -0.05) is 30.3 Å². The summed E-state index contributed by atoms with van der Waals surface area (Å²) in [6, 6.07) is 13.2. The Balaban J connectivity index is 1.75. The van der Waals surface area contributed by atoms with Gasteiger partial charge >= 0.3 is 12.4 Å². The zero-order chi connectivity index (χ0) is 25.4.